The molecule has 1 aromatic carbocycles. The largest absolute Gasteiger partial charge is 0.462 e. The first kappa shape index (κ1) is 12.3. The van der Waals surface area contributed by atoms with Gasteiger partial charge in [0.25, 0.3) is 0 Å². The van der Waals surface area contributed by atoms with Gasteiger partial charge in [-0.05, 0) is 24.6 Å². The average Bonchev–Trinajstić information content (AvgIpc) is 2.89. The Morgan fingerprint density at radius 1 is 1.39 bits per heavy atom. The zero-order chi connectivity index (χ0) is 13.0. The third-order valence-corrected chi connectivity index (χ3v) is 2.53. The fourth-order valence-electron chi connectivity index (χ4n) is 1.57. The molecule has 0 aliphatic heterocycles. The lowest BCUT2D eigenvalue weighted by Gasteiger charge is -2.02. The van der Waals surface area contributed by atoms with Crippen molar-refractivity contribution in [2.45, 2.75) is 13.5 Å². The van der Waals surface area contributed by atoms with Gasteiger partial charge in [0, 0.05) is 12.7 Å². The lowest BCUT2D eigenvalue weighted by molar-refractivity contribution is 0.0526. The molecule has 0 spiro atoms. The number of esters is 1. The van der Waals surface area contributed by atoms with E-state index in [1.807, 2.05) is 24.3 Å². The first-order valence-electron chi connectivity index (χ1n) is 5.75. The molecule has 2 rings (SSSR count). The molecule has 0 atom stereocenters. The summed E-state index contributed by atoms with van der Waals surface area (Å²) in [6, 6.07) is 7.68. The lowest BCUT2D eigenvalue weighted by atomic mass is 10.2. The number of benzene rings is 1. The summed E-state index contributed by atoms with van der Waals surface area (Å²) in [4.78, 5) is 11.5. The van der Waals surface area contributed by atoms with Gasteiger partial charge in [-0.15, -0.1) is 0 Å². The molecule has 0 fully saturated rings. The van der Waals surface area contributed by atoms with Crippen LogP contribution in [0.15, 0.2) is 36.7 Å². The van der Waals surface area contributed by atoms with Crippen molar-refractivity contribution in [3.63, 3.8) is 0 Å². The van der Waals surface area contributed by atoms with Crippen molar-refractivity contribution >= 4 is 5.97 Å². The van der Waals surface area contributed by atoms with Gasteiger partial charge in [-0.3, -0.25) is 0 Å². The van der Waals surface area contributed by atoms with Crippen LogP contribution in [0.2, 0.25) is 0 Å². The predicted molar refractivity (Wildman–Crippen MR) is 67.4 cm³/mol. The van der Waals surface area contributed by atoms with Gasteiger partial charge in [0.1, 0.15) is 0 Å². The van der Waals surface area contributed by atoms with E-state index >= 15 is 0 Å². The van der Waals surface area contributed by atoms with E-state index in [0.29, 0.717) is 18.7 Å². The van der Waals surface area contributed by atoms with Crippen LogP contribution in [0.25, 0.3) is 5.69 Å². The first-order chi connectivity index (χ1) is 8.74. The third kappa shape index (κ3) is 2.57. The molecule has 0 unspecified atom stereocenters. The van der Waals surface area contributed by atoms with Crippen molar-refractivity contribution in [3.8, 4) is 5.69 Å². The van der Waals surface area contributed by atoms with E-state index in [4.69, 9.17) is 10.5 Å². The van der Waals surface area contributed by atoms with Crippen molar-refractivity contribution in [1.82, 2.24) is 9.78 Å². The van der Waals surface area contributed by atoms with E-state index in [-0.39, 0.29) is 5.97 Å². The summed E-state index contributed by atoms with van der Waals surface area (Å²) in [5, 5.41) is 4.13. The Kier molecular flexibility index (Phi) is 3.74. The number of nitrogens with zero attached hydrogens (tertiary/aromatic N) is 2. The van der Waals surface area contributed by atoms with Gasteiger partial charge in [-0.1, -0.05) is 12.1 Å². The molecule has 0 saturated carbocycles. The standard InChI is InChI=1S/C13H15N3O2/c1-2-18-13(17)11-8-15-16(9-11)12-5-3-10(7-14)4-6-12/h3-6,8-9H,2,7,14H2,1H3. The second-order valence-corrected chi connectivity index (χ2v) is 3.76. The summed E-state index contributed by atoms with van der Waals surface area (Å²) in [6.45, 7) is 2.64. The fraction of sp³-hybridized carbons (Fsp3) is 0.231. The number of carbonyl (C=O) groups is 1. The highest BCUT2D eigenvalue weighted by atomic mass is 16.5. The molecule has 18 heavy (non-hydrogen) atoms. The van der Waals surface area contributed by atoms with E-state index in [9.17, 15) is 4.79 Å². The summed E-state index contributed by atoms with van der Waals surface area (Å²) < 4.78 is 6.54. The van der Waals surface area contributed by atoms with Crippen LogP contribution in [0, 0.1) is 0 Å². The molecular formula is C13H15N3O2. The van der Waals surface area contributed by atoms with Gasteiger partial charge in [-0.2, -0.15) is 5.10 Å². The Balaban J connectivity index is 2.20. The molecule has 2 aromatic rings. The molecule has 1 heterocycles. The molecule has 0 bridgehead atoms. The third-order valence-electron chi connectivity index (χ3n) is 2.53. The summed E-state index contributed by atoms with van der Waals surface area (Å²) in [5.74, 6) is -0.359. The van der Waals surface area contributed by atoms with Crippen LogP contribution >= 0.6 is 0 Å². The molecular weight excluding hydrogens is 230 g/mol. The van der Waals surface area contributed by atoms with Crippen molar-refractivity contribution in [2.75, 3.05) is 6.61 Å². The number of ether oxygens (including phenoxy) is 1. The molecule has 0 aliphatic carbocycles. The number of aromatic nitrogens is 2. The second kappa shape index (κ2) is 5.46. The molecule has 0 saturated heterocycles. The van der Waals surface area contributed by atoms with Crippen LogP contribution in [0.1, 0.15) is 22.8 Å². The topological polar surface area (TPSA) is 70.1 Å². The van der Waals surface area contributed by atoms with Crippen LogP contribution in [-0.4, -0.2) is 22.4 Å². The first-order valence-corrected chi connectivity index (χ1v) is 5.75. The minimum atomic E-state index is -0.359. The Hall–Kier alpha value is -2.14. The van der Waals surface area contributed by atoms with Gasteiger partial charge in [0.2, 0.25) is 0 Å². The molecule has 1 aromatic heterocycles. The number of hydrogen-bond donors (Lipinski definition) is 1. The molecule has 0 amide bonds. The Bertz CT molecular complexity index is 531. The Morgan fingerprint density at radius 3 is 2.72 bits per heavy atom. The highest BCUT2D eigenvalue weighted by molar-refractivity contribution is 5.88. The van der Waals surface area contributed by atoms with Gasteiger partial charge in [-0.25, -0.2) is 9.48 Å². The van der Waals surface area contributed by atoms with Crippen LogP contribution < -0.4 is 5.73 Å². The van der Waals surface area contributed by atoms with Crippen LogP contribution in [-0.2, 0) is 11.3 Å². The van der Waals surface area contributed by atoms with Crippen LogP contribution in [0.4, 0.5) is 0 Å². The van der Waals surface area contributed by atoms with Crippen molar-refractivity contribution < 1.29 is 9.53 Å². The molecule has 5 heteroatoms. The maximum Gasteiger partial charge on any atom is 0.341 e. The van der Waals surface area contributed by atoms with Gasteiger partial charge < -0.3 is 10.5 Å². The van der Waals surface area contributed by atoms with E-state index in [2.05, 4.69) is 5.10 Å². The smallest absolute Gasteiger partial charge is 0.341 e. The molecule has 2 N–H and O–H groups in total. The highest BCUT2D eigenvalue weighted by Gasteiger charge is 2.09. The number of carbonyl (C=O) groups excluding carboxylic acids is 1. The second-order valence-electron chi connectivity index (χ2n) is 3.76. The van der Waals surface area contributed by atoms with Crippen molar-refractivity contribution in [1.29, 1.82) is 0 Å². The zero-order valence-electron chi connectivity index (χ0n) is 10.2. The average molecular weight is 245 g/mol. The Labute approximate surface area is 105 Å². The summed E-state index contributed by atoms with van der Waals surface area (Å²) in [6.07, 6.45) is 3.14. The van der Waals surface area contributed by atoms with E-state index in [0.717, 1.165) is 11.3 Å². The number of rotatable bonds is 4. The maximum absolute atomic E-state index is 11.5. The molecule has 94 valence electrons. The minimum absolute atomic E-state index is 0.356. The number of nitrogens with two attached hydrogens (primary N) is 1. The van der Waals surface area contributed by atoms with Crippen molar-refractivity contribution in [3.05, 3.63) is 47.8 Å². The summed E-state index contributed by atoms with van der Waals surface area (Å²) in [7, 11) is 0. The lowest BCUT2D eigenvalue weighted by Crippen LogP contribution is -2.03. The SMILES string of the molecule is CCOC(=O)c1cnn(-c2ccc(CN)cc2)c1. The van der Waals surface area contributed by atoms with Gasteiger partial charge in [0.05, 0.1) is 24.1 Å². The quantitative estimate of drug-likeness (QED) is 0.829. The van der Waals surface area contributed by atoms with Gasteiger partial charge >= 0.3 is 5.97 Å². The van der Waals surface area contributed by atoms with E-state index in [1.54, 1.807) is 17.8 Å². The van der Waals surface area contributed by atoms with Crippen LogP contribution in [0.3, 0.4) is 0 Å². The number of hydrogen-bond acceptors (Lipinski definition) is 4. The zero-order valence-corrected chi connectivity index (χ0v) is 10.2. The van der Waals surface area contributed by atoms with Crippen molar-refractivity contribution in [2.24, 2.45) is 5.73 Å². The normalized spacial score (nSPS) is 10.3. The van der Waals surface area contributed by atoms with Gasteiger partial charge in [0.15, 0.2) is 0 Å². The van der Waals surface area contributed by atoms with E-state index < -0.39 is 0 Å². The van der Waals surface area contributed by atoms with Crippen LogP contribution in [0.5, 0.6) is 0 Å². The molecule has 0 radical (unpaired) electrons. The summed E-state index contributed by atoms with van der Waals surface area (Å²) in [5.41, 5.74) is 7.91. The molecule has 5 nitrogen and oxygen atoms in total. The predicted octanol–water partition coefficient (Wildman–Crippen LogP) is 1.51. The summed E-state index contributed by atoms with van der Waals surface area (Å²) >= 11 is 0. The molecule has 0 aliphatic rings. The Morgan fingerprint density at radius 2 is 2.11 bits per heavy atom. The van der Waals surface area contributed by atoms with E-state index in [1.165, 1.54) is 6.20 Å². The monoisotopic (exact) mass is 245 g/mol. The minimum Gasteiger partial charge on any atom is -0.462 e. The maximum atomic E-state index is 11.5. The highest BCUT2D eigenvalue weighted by Crippen LogP contribution is 2.10. The fourth-order valence-corrected chi connectivity index (χ4v) is 1.57.